The Labute approximate surface area is 125 Å². The first kappa shape index (κ1) is 14.8. The van der Waals surface area contributed by atoms with Crippen molar-refractivity contribution in [2.75, 3.05) is 19.6 Å². The van der Waals surface area contributed by atoms with Crippen LogP contribution < -0.4 is 5.32 Å². The van der Waals surface area contributed by atoms with Crippen molar-refractivity contribution in [2.24, 2.45) is 23.7 Å². The highest BCUT2D eigenvalue weighted by Gasteiger charge is 2.42. The maximum Gasteiger partial charge on any atom is 0.00940 e. The highest BCUT2D eigenvalue weighted by atomic mass is 15.1. The zero-order chi connectivity index (χ0) is 14.1. The van der Waals surface area contributed by atoms with E-state index in [4.69, 9.17) is 0 Å². The topological polar surface area (TPSA) is 15.3 Å². The molecule has 2 heteroatoms. The van der Waals surface area contributed by atoms with Gasteiger partial charge in [0.2, 0.25) is 0 Å². The summed E-state index contributed by atoms with van der Waals surface area (Å²) in [5.74, 6) is 3.94. The quantitative estimate of drug-likeness (QED) is 0.828. The molecule has 1 N–H and O–H groups in total. The van der Waals surface area contributed by atoms with Gasteiger partial charge in [-0.3, -0.25) is 0 Å². The number of rotatable bonds is 5. The Hall–Kier alpha value is -0.0800. The van der Waals surface area contributed by atoms with Crippen molar-refractivity contribution in [1.82, 2.24) is 10.2 Å². The van der Waals surface area contributed by atoms with Gasteiger partial charge >= 0.3 is 0 Å². The molecular weight excluding hydrogens is 244 g/mol. The van der Waals surface area contributed by atoms with E-state index in [1.54, 1.807) is 6.42 Å². The fourth-order valence-electron chi connectivity index (χ4n) is 5.20. The third-order valence-corrected chi connectivity index (χ3v) is 6.14. The van der Waals surface area contributed by atoms with Gasteiger partial charge in [0.05, 0.1) is 0 Å². The van der Waals surface area contributed by atoms with Crippen molar-refractivity contribution in [2.45, 2.75) is 71.4 Å². The molecule has 3 rings (SSSR count). The number of piperidine rings is 1. The second-order valence-corrected chi connectivity index (χ2v) is 8.26. The van der Waals surface area contributed by atoms with Crippen molar-refractivity contribution in [3.63, 3.8) is 0 Å². The standard InChI is InChI=1S/C18H34N2/c1-13(2)12-20-8-6-17(7-9-20)19-14(3)18-11-15-4-5-16(18)10-15/h13-19H,4-12H2,1-3H3. The molecule has 2 saturated carbocycles. The number of nitrogens with zero attached hydrogens (tertiary/aromatic N) is 1. The molecule has 0 radical (unpaired) electrons. The van der Waals surface area contributed by atoms with Crippen molar-refractivity contribution >= 4 is 0 Å². The first-order chi connectivity index (χ1) is 9.61. The van der Waals surface area contributed by atoms with Crippen LogP contribution in [0.3, 0.4) is 0 Å². The summed E-state index contributed by atoms with van der Waals surface area (Å²) in [7, 11) is 0. The van der Waals surface area contributed by atoms with Crippen molar-refractivity contribution < 1.29 is 0 Å². The second kappa shape index (κ2) is 6.36. The van der Waals surface area contributed by atoms with E-state index in [0.29, 0.717) is 0 Å². The fourth-order valence-corrected chi connectivity index (χ4v) is 5.20. The highest BCUT2D eigenvalue weighted by molar-refractivity contribution is 4.95. The molecule has 2 aliphatic carbocycles. The van der Waals surface area contributed by atoms with Gasteiger partial charge in [0.1, 0.15) is 0 Å². The van der Waals surface area contributed by atoms with Gasteiger partial charge < -0.3 is 10.2 Å². The number of nitrogens with one attached hydrogen (secondary N) is 1. The molecule has 0 aromatic carbocycles. The summed E-state index contributed by atoms with van der Waals surface area (Å²) in [5.41, 5.74) is 0. The summed E-state index contributed by atoms with van der Waals surface area (Å²) in [4.78, 5) is 2.66. The average molecular weight is 278 g/mol. The molecule has 1 aliphatic heterocycles. The summed E-state index contributed by atoms with van der Waals surface area (Å²) in [5, 5.41) is 3.99. The van der Waals surface area contributed by atoms with Gasteiger partial charge in [-0.25, -0.2) is 0 Å². The van der Waals surface area contributed by atoms with Crippen LogP contribution in [-0.4, -0.2) is 36.6 Å². The van der Waals surface area contributed by atoms with Crippen LogP contribution >= 0.6 is 0 Å². The summed E-state index contributed by atoms with van der Waals surface area (Å²) >= 11 is 0. The Morgan fingerprint density at radius 2 is 1.75 bits per heavy atom. The van der Waals surface area contributed by atoms with Gasteiger partial charge in [-0.1, -0.05) is 20.3 Å². The van der Waals surface area contributed by atoms with Gasteiger partial charge in [0.25, 0.3) is 0 Å². The van der Waals surface area contributed by atoms with E-state index in [0.717, 1.165) is 35.8 Å². The van der Waals surface area contributed by atoms with Crippen LogP contribution in [0.25, 0.3) is 0 Å². The van der Waals surface area contributed by atoms with Gasteiger partial charge in [0, 0.05) is 18.6 Å². The van der Waals surface area contributed by atoms with Crippen molar-refractivity contribution in [3.8, 4) is 0 Å². The van der Waals surface area contributed by atoms with E-state index in [2.05, 4.69) is 31.0 Å². The molecular formula is C18H34N2. The highest BCUT2D eigenvalue weighted by Crippen LogP contribution is 2.49. The minimum Gasteiger partial charge on any atom is -0.311 e. The van der Waals surface area contributed by atoms with E-state index >= 15 is 0 Å². The maximum atomic E-state index is 3.99. The zero-order valence-electron chi connectivity index (χ0n) is 13.8. The second-order valence-electron chi connectivity index (χ2n) is 8.26. The molecule has 0 amide bonds. The minimum atomic E-state index is 0.756. The van der Waals surface area contributed by atoms with Crippen molar-refractivity contribution in [1.29, 1.82) is 0 Å². The van der Waals surface area contributed by atoms with Crippen LogP contribution in [0.15, 0.2) is 0 Å². The number of fused-ring (bicyclic) bond motifs is 2. The van der Waals surface area contributed by atoms with Crippen LogP contribution in [0, 0.1) is 23.7 Å². The number of hydrogen-bond donors (Lipinski definition) is 1. The van der Waals surface area contributed by atoms with Crippen LogP contribution in [0.5, 0.6) is 0 Å². The van der Waals surface area contributed by atoms with Gasteiger partial charge in [-0.2, -0.15) is 0 Å². The lowest BCUT2D eigenvalue weighted by molar-refractivity contribution is 0.160. The van der Waals surface area contributed by atoms with Gasteiger partial charge in [-0.15, -0.1) is 0 Å². The summed E-state index contributed by atoms with van der Waals surface area (Å²) in [6.45, 7) is 11.0. The lowest BCUT2D eigenvalue weighted by Gasteiger charge is -2.37. The van der Waals surface area contributed by atoms with E-state index in [9.17, 15) is 0 Å². The van der Waals surface area contributed by atoms with E-state index < -0.39 is 0 Å². The van der Waals surface area contributed by atoms with Gasteiger partial charge in [0.15, 0.2) is 0 Å². The molecule has 1 heterocycles. The first-order valence-electron chi connectivity index (χ1n) is 9.10. The van der Waals surface area contributed by atoms with Crippen LogP contribution in [0.1, 0.15) is 59.3 Å². The predicted molar refractivity (Wildman–Crippen MR) is 85.8 cm³/mol. The molecule has 4 unspecified atom stereocenters. The molecule has 0 spiro atoms. The van der Waals surface area contributed by atoms with E-state index in [1.807, 2.05) is 0 Å². The van der Waals surface area contributed by atoms with Crippen molar-refractivity contribution in [3.05, 3.63) is 0 Å². The molecule has 3 fully saturated rings. The van der Waals surface area contributed by atoms with E-state index in [-0.39, 0.29) is 0 Å². The first-order valence-corrected chi connectivity index (χ1v) is 9.10. The summed E-state index contributed by atoms with van der Waals surface area (Å²) in [6, 6.07) is 1.54. The average Bonchev–Trinajstić information content (AvgIpc) is 3.03. The monoisotopic (exact) mass is 278 g/mol. The Balaban J connectivity index is 1.41. The minimum absolute atomic E-state index is 0.756. The molecule has 20 heavy (non-hydrogen) atoms. The predicted octanol–water partition coefficient (Wildman–Crippen LogP) is 3.52. The molecule has 1 saturated heterocycles. The molecule has 0 aromatic heterocycles. The third-order valence-electron chi connectivity index (χ3n) is 6.14. The summed E-state index contributed by atoms with van der Waals surface area (Å²) < 4.78 is 0. The molecule has 2 bridgehead atoms. The lowest BCUT2D eigenvalue weighted by Crippen LogP contribution is -2.48. The molecule has 4 atom stereocenters. The number of hydrogen-bond acceptors (Lipinski definition) is 2. The Bertz CT molecular complexity index is 307. The Morgan fingerprint density at radius 3 is 2.30 bits per heavy atom. The zero-order valence-corrected chi connectivity index (χ0v) is 13.8. The molecule has 2 nitrogen and oxygen atoms in total. The van der Waals surface area contributed by atoms with E-state index in [1.165, 1.54) is 51.7 Å². The molecule has 116 valence electrons. The Kier molecular flexibility index (Phi) is 4.72. The summed E-state index contributed by atoms with van der Waals surface area (Å²) in [6.07, 6.45) is 8.83. The van der Waals surface area contributed by atoms with Gasteiger partial charge in [-0.05, 0) is 75.8 Å². The Morgan fingerprint density at radius 1 is 1.00 bits per heavy atom. The number of likely N-dealkylation sites (tertiary alicyclic amines) is 1. The smallest absolute Gasteiger partial charge is 0.00940 e. The lowest BCUT2D eigenvalue weighted by atomic mass is 9.83. The molecule has 3 aliphatic rings. The van der Waals surface area contributed by atoms with Crippen LogP contribution in [0.2, 0.25) is 0 Å². The molecule has 0 aromatic rings. The third kappa shape index (κ3) is 3.39. The fraction of sp³-hybridized carbons (Fsp3) is 1.00. The SMILES string of the molecule is CC(C)CN1CCC(NC(C)C2CC3CCC2C3)CC1. The largest absolute Gasteiger partial charge is 0.311 e. The maximum absolute atomic E-state index is 3.99. The van der Waals surface area contributed by atoms with Crippen LogP contribution in [0.4, 0.5) is 0 Å². The normalized spacial score (nSPS) is 36.9. The van der Waals surface area contributed by atoms with Crippen LogP contribution in [-0.2, 0) is 0 Å².